The van der Waals surface area contributed by atoms with E-state index in [-0.39, 0.29) is 18.6 Å². The lowest BCUT2D eigenvalue weighted by Gasteiger charge is -2.19. The summed E-state index contributed by atoms with van der Waals surface area (Å²) in [5, 5.41) is 3.15. The molecule has 0 saturated heterocycles. The van der Waals surface area contributed by atoms with Gasteiger partial charge in [0, 0.05) is 0 Å². The molecule has 23 heavy (non-hydrogen) atoms. The molecule has 3 rings (SSSR count). The molecular formula is C20H23NO2. The SMILES string of the molecule is Cc1ccccc1OCC(=O)NC(c1ccccc1)C1CC1C. The molecule has 0 bridgehead atoms. The molecule has 2 aromatic rings. The lowest BCUT2D eigenvalue weighted by Crippen LogP contribution is -2.34. The molecule has 1 aliphatic carbocycles. The van der Waals surface area contributed by atoms with Gasteiger partial charge in [0.05, 0.1) is 6.04 Å². The fraction of sp³-hybridized carbons (Fsp3) is 0.350. The van der Waals surface area contributed by atoms with Crippen LogP contribution in [0, 0.1) is 18.8 Å². The van der Waals surface area contributed by atoms with Crippen molar-refractivity contribution in [1.29, 1.82) is 0 Å². The summed E-state index contributed by atoms with van der Waals surface area (Å²) in [4.78, 5) is 12.3. The Morgan fingerprint density at radius 1 is 1.17 bits per heavy atom. The van der Waals surface area contributed by atoms with Crippen LogP contribution in [0.3, 0.4) is 0 Å². The van der Waals surface area contributed by atoms with Gasteiger partial charge in [0.15, 0.2) is 6.61 Å². The molecule has 3 atom stereocenters. The molecule has 0 aliphatic heterocycles. The van der Waals surface area contributed by atoms with E-state index < -0.39 is 0 Å². The molecule has 120 valence electrons. The van der Waals surface area contributed by atoms with Crippen LogP contribution in [0.2, 0.25) is 0 Å². The van der Waals surface area contributed by atoms with Crippen molar-refractivity contribution in [3.8, 4) is 5.75 Å². The van der Waals surface area contributed by atoms with Crippen molar-refractivity contribution < 1.29 is 9.53 Å². The predicted octanol–water partition coefficient (Wildman–Crippen LogP) is 3.89. The topological polar surface area (TPSA) is 38.3 Å². The number of benzene rings is 2. The van der Waals surface area contributed by atoms with E-state index in [2.05, 4.69) is 24.4 Å². The van der Waals surface area contributed by atoms with Gasteiger partial charge in [-0.1, -0.05) is 55.5 Å². The fourth-order valence-electron chi connectivity index (χ4n) is 2.99. The Morgan fingerprint density at radius 3 is 2.48 bits per heavy atom. The molecule has 1 saturated carbocycles. The normalized spacial score (nSPS) is 20.6. The Balaban J connectivity index is 1.62. The zero-order valence-corrected chi connectivity index (χ0v) is 13.7. The van der Waals surface area contributed by atoms with Crippen LogP contribution in [0.1, 0.15) is 30.5 Å². The zero-order chi connectivity index (χ0) is 16.2. The van der Waals surface area contributed by atoms with E-state index in [0.29, 0.717) is 11.8 Å². The van der Waals surface area contributed by atoms with Crippen LogP contribution in [0.5, 0.6) is 5.75 Å². The first-order valence-electron chi connectivity index (χ1n) is 8.18. The number of ether oxygens (including phenoxy) is 1. The van der Waals surface area contributed by atoms with E-state index in [1.165, 1.54) is 12.0 Å². The minimum Gasteiger partial charge on any atom is -0.484 e. The number of aryl methyl sites for hydroxylation is 1. The monoisotopic (exact) mass is 309 g/mol. The van der Waals surface area contributed by atoms with Gasteiger partial charge in [-0.2, -0.15) is 0 Å². The van der Waals surface area contributed by atoms with Gasteiger partial charge >= 0.3 is 0 Å². The summed E-state index contributed by atoms with van der Waals surface area (Å²) >= 11 is 0. The molecule has 1 fully saturated rings. The quantitative estimate of drug-likeness (QED) is 0.879. The van der Waals surface area contributed by atoms with E-state index in [4.69, 9.17) is 4.74 Å². The standard InChI is InChI=1S/C20H23NO2/c1-14-8-6-7-11-18(14)23-13-19(22)21-20(17-12-15(17)2)16-9-4-3-5-10-16/h3-11,15,17,20H,12-13H2,1-2H3,(H,21,22). The first kappa shape index (κ1) is 15.6. The molecule has 2 aromatic carbocycles. The van der Waals surface area contributed by atoms with Crippen molar-refractivity contribution in [1.82, 2.24) is 5.32 Å². The van der Waals surface area contributed by atoms with E-state index in [9.17, 15) is 4.79 Å². The Morgan fingerprint density at radius 2 is 1.83 bits per heavy atom. The van der Waals surface area contributed by atoms with Crippen molar-refractivity contribution in [3.63, 3.8) is 0 Å². The van der Waals surface area contributed by atoms with E-state index >= 15 is 0 Å². The largest absolute Gasteiger partial charge is 0.484 e. The average molecular weight is 309 g/mol. The second-order valence-corrected chi connectivity index (χ2v) is 6.39. The maximum atomic E-state index is 12.3. The number of rotatable bonds is 6. The maximum Gasteiger partial charge on any atom is 0.258 e. The van der Waals surface area contributed by atoms with Crippen LogP contribution >= 0.6 is 0 Å². The minimum atomic E-state index is -0.0683. The molecule has 0 radical (unpaired) electrons. The summed E-state index contributed by atoms with van der Waals surface area (Å²) in [6.45, 7) is 4.26. The van der Waals surface area contributed by atoms with Gasteiger partial charge in [0.2, 0.25) is 0 Å². The summed E-state index contributed by atoms with van der Waals surface area (Å²) in [5.74, 6) is 1.89. The highest BCUT2D eigenvalue weighted by molar-refractivity contribution is 5.78. The molecule has 1 N–H and O–H groups in total. The molecule has 1 amide bonds. The number of carbonyl (C=O) groups is 1. The number of hydrogen-bond acceptors (Lipinski definition) is 2. The smallest absolute Gasteiger partial charge is 0.258 e. The van der Waals surface area contributed by atoms with Gasteiger partial charge in [-0.25, -0.2) is 0 Å². The third-order valence-corrected chi connectivity index (χ3v) is 4.53. The van der Waals surface area contributed by atoms with Crippen LogP contribution < -0.4 is 10.1 Å². The van der Waals surface area contributed by atoms with Crippen LogP contribution in [0.4, 0.5) is 0 Å². The van der Waals surface area contributed by atoms with Gasteiger partial charge in [-0.15, -0.1) is 0 Å². The van der Waals surface area contributed by atoms with Gasteiger partial charge in [0.1, 0.15) is 5.75 Å². The minimum absolute atomic E-state index is 0.0509. The highest BCUT2D eigenvalue weighted by atomic mass is 16.5. The second kappa shape index (κ2) is 6.86. The fourth-order valence-corrected chi connectivity index (χ4v) is 2.99. The van der Waals surface area contributed by atoms with Crippen LogP contribution in [0.25, 0.3) is 0 Å². The van der Waals surface area contributed by atoms with Crippen LogP contribution in [-0.4, -0.2) is 12.5 Å². The summed E-state index contributed by atoms with van der Waals surface area (Å²) in [6.07, 6.45) is 1.17. The average Bonchev–Trinajstić information content (AvgIpc) is 3.29. The third-order valence-electron chi connectivity index (χ3n) is 4.53. The highest BCUT2D eigenvalue weighted by Crippen LogP contribution is 2.46. The number of amides is 1. The predicted molar refractivity (Wildman–Crippen MR) is 91.3 cm³/mol. The third kappa shape index (κ3) is 3.92. The number of carbonyl (C=O) groups excluding carboxylic acids is 1. The molecule has 3 unspecified atom stereocenters. The molecular weight excluding hydrogens is 286 g/mol. The van der Waals surface area contributed by atoms with Crippen molar-refractivity contribution in [2.24, 2.45) is 11.8 Å². The van der Waals surface area contributed by atoms with Crippen LogP contribution in [-0.2, 0) is 4.79 Å². The first-order chi connectivity index (χ1) is 11.1. The van der Waals surface area contributed by atoms with Crippen molar-refractivity contribution in [2.75, 3.05) is 6.61 Å². The second-order valence-electron chi connectivity index (χ2n) is 6.39. The molecule has 1 aliphatic rings. The molecule has 3 heteroatoms. The number of nitrogens with one attached hydrogen (secondary N) is 1. The van der Waals surface area contributed by atoms with Gasteiger partial charge in [-0.05, 0) is 42.4 Å². The number of hydrogen-bond donors (Lipinski definition) is 1. The van der Waals surface area contributed by atoms with E-state index in [1.54, 1.807) is 0 Å². The Kier molecular flexibility index (Phi) is 4.65. The van der Waals surface area contributed by atoms with Crippen molar-refractivity contribution in [3.05, 3.63) is 65.7 Å². The van der Waals surface area contributed by atoms with Crippen LogP contribution in [0.15, 0.2) is 54.6 Å². The Bertz CT molecular complexity index is 668. The Hall–Kier alpha value is -2.29. The zero-order valence-electron chi connectivity index (χ0n) is 13.7. The molecule has 0 spiro atoms. The molecule has 3 nitrogen and oxygen atoms in total. The lowest BCUT2D eigenvalue weighted by atomic mass is 10.0. The van der Waals surface area contributed by atoms with Gasteiger partial charge < -0.3 is 10.1 Å². The van der Waals surface area contributed by atoms with Crippen molar-refractivity contribution in [2.45, 2.75) is 26.3 Å². The van der Waals surface area contributed by atoms with Gasteiger partial charge in [0.25, 0.3) is 5.91 Å². The highest BCUT2D eigenvalue weighted by Gasteiger charge is 2.40. The number of para-hydroxylation sites is 1. The summed E-state index contributed by atoms with van der Waals surface area (Å²) in [7, 11) is 0. The first-order valence-corrected chi connectivity index (χ1v) is 8.18. The molecule has 0 aromatic heterocycles. The van der Waals surface area contributed by atoms with E-state index in [0.717, 1.165) is 11.3 Å². The maximum absolute atomic E-state index is 12.3. The summed E-state index contributed by atoms with van der Waals surface area (Å²) in [5.41, 5.74) is 2.21. The summed E-state index contributed by atoms with van der Waals surface area (Å²) < 4.78 is 5.65. The van der Waals surface area contributed by atoms with Gasteiger partial charge in [-0.3, -0.25) is 4.79 Å². The Labute approximate surface area is 137 Å². The summed E-state index contributed by atoms with van der Waals surface area (Å²) in [6, 6.07) is 18.0. The lowest BCUT2D eigenvalue weighted by molar-refractivity contribution is -0.124. The van der Waals surface area contributed by atoms with E-state index in [1.807, 2.05) is 49.4 Å². The molecule has 0 heterocycles. The van der Waals surface area contributed by atoms with Crippen molar-refractivity contribution >= 4 is 5.91 Å².